The quantitative estimate of drug-likeness (QED) is 0.923. The Balaban J connectivity index is 2.14. The molecule has 1 aliphatic heterocycles. The standard InChI is InChI=1S/C15H18FNO4/c1-21-9-10-3-2-6-17(8-10)14(18)12-5-4-11(15(19)20)7-13(12)16/h4-5,7,10H,2-3,6,8-9H2,1H3,(H,19,20). The van der Waals surface area contributed by atoms with Crippen LogP contribution in [-0.4, -0.2) is 48.7 Å². The van der Waals surface area contributed by atoms with E-state index in [4.69, 9.17) is 9.84 Å². The van der Waals surface area contributed by atoms with E-state index in [0.29, 0.717) is 19.7 Å². The lowest BCUT2D eigenvalue weighted by Gasteiger charge is -2.32. The molecule has 114 valence electrons. The van der Waals surface area contributed by atoms with Gasteiger partial charge in [0.25, 0.3) is 5.91 Å². The molecule has 0 aliphatic carbocycles. The highest BCUT2D eigenvalue weighted by Crippen LogP contribution is 2.20. The first kappa shape index (κ1) is 15.4. The Morgan fingerprint density at radius 3 is 2.86 bits per heavy atom. The van der Waals surface area contributed by atoms with Crippen molar-refractivity contribution < 1.29 is 23.8 Å². The van der Waals surface area contributed by atoms with Gasteiger partial charge in [0.1, 0.15) is 5.82 Å². The van der Waals surface area contributed by atoms with Crippen LogP contribution in [0.3, 0.4) is 0 Å². The van der Waals surface area contributed by atoms with E-state index in [0.717, 1.165) is 18.9 Å². The van der Waals surface area contributed by atoms with Gasteiger partial charge in [0.2, 0.25) is 0 Å². The van der Waals surface area contributed by atoms with Gasteiger partial charge < -0.3 is 14.7 Å². The van der Waals surface area contributed by atoms with E-state index in [1.54, 1.807) is 12.0 Å². The van der Waals surface area contributed by atoms with Crippen molar-refractivity contribution in [3.8, 4) is 0 Å². The minimum absolute atomic E-state index is 0.0851. The van der Waals surface area contributed by atoms with E-state index in [2.05, 4.69) is 0 Å². The maximum absolute atomic E-state index is 13.9. The molecule has 0 saturated carbocycles. The highest BCUT2D eigenvalue weighted by molar-refractivity contribution is 5.96. The minimum atomic E-state index is -1.22. The van der Waals surface area contributed by atoms with Crippen LogP contribution in [0.25, 0.3) is 0 Å². The van der Waals surface area contributed by atoms with Crippen LogP contribution in [0.5, 0.6) is 0 Å². The summed E-state index contributed by atoms with van der Waals surface area (Å²) in [6.07, 6.45) is 1.84. The van der Waals surface area contributed by atoms with Crippen molar-refractivity contribution in [3.63, 3.8) is 0 Å². The summed E-state index contributed by atoms with van der Waals surface area (Å²) in [6, 6.07) is 3.36. The van der Waals surface area contributed by atoms with Crippen LogP contribution in [0.15, 0.2) is 18.2 Å². The number of hydrogen-bond acceptors (Lipinski definition) is 3. The number of ether oxygens (including phenoxy) is 1. The molecule has 1 fully saturated rings. The molecule has 1 N–H and O–H groups in total. The van der Waals surface area contributed by atoms with Crippen molar-refractivity contribution >= 4 is 11.9 Å². The van der Waals surface area contributed by atoms with Gasteiger partial charge in [-0.3, -0.25) is 4.79 Å². The van der Waals surface area contributed by atoms with Gasteiger partial charge in [-0.25, -0.2) is 9.18 Å². The number of piperidine rings is 1. The number of carbonyl (C=O) groups excluding carboxylic acids is 1. The topological polar surface area (TPSA) is 66.8 Å². The Morgan fingerprint density at radius 1 is 1.48 bits per heavy atom. The first-order valence-corrected chi connectivity index (χ1v) is 6.84. The normalized spacial score (nSPS) is 18.6. The van der Waals surface area contributed by atoms with Gasteiger partial charge in [0.15, 0.2) is 0 Å². The first-order valence-electron chi connectivity index (χ1n) is 6.84. The Kier molecular flexibility index (Phi) is 4.90. The fourth-order valence-electron chi connectivity index (χ4n) is 2.61. The number of carbonyl (C=O) groups is 2. The highest BCUT2D eigenvalue weighted by atomic mass is 19.1. The number of carboxylic acids is 1. The van der Waals surface area contributed by atoms with Gasteiger partial charge in [-0.2, -0.15) is 0 Å². The van der Waals surface area contributed by atoms with Gasteiger partial charge in [-0.15, -0.1) is 0 Å². The second-order valence-electron chi connectivity index (χ2n) is 5.21. The van der Waals surface area contributed by atoms with Crippen molar-refractivity contribution in [2.24, 2.45) is 5.92 Å². The lowest BCUT2D eigenvalue weighted by Crippen LogP contribution is -2.41. The monoisotopic (exact) mass is 295 g/mol. The third-order valence-electron chi connectivity index (χ3n) is 3.66. The third kappa shape index (κ3) is 3.58. The molecule has 1 amide bonds. The van der Waals surface area contributed by atoms with Crippen LogP contribution in [0, 0.1) is 11.7 Å². The largest absolute Gasteiger partial charge is 0.478 e. The Hall–Kier alpha value is -1.95. The lowest BCUT2D eigenvalue weighted by atomic mass is 9.98. The number of nitrogens with zero attached hydrogens (tertiary/aromatic N) is 1. The predicted molar refractivity (Wildman–Crippen MR) is 73.9 cm³/mol. The van der Waals surface area contributed by atoms with Crippen LogP contribution >= 0.6 is 0 Å². The highest BCUT2D eigenvalue weighted by Gasteiger charge is 2.26. The minimum Gasteiger partial charge on any atom is -0.478 e. The molecule has 1 heterocycles. The molecular formula is C15H18FNO4. The van der Waals surface area contributed by atoms with Crippen LogP contribution in [-0.2, 0) is 4.74 Å². The van der Waals surface area contributed by atoms with E-state index >= 15 is 0 Å². The Bertz CT molecular complexity index is 544. The molecular weight excluding hydrogens is 277 g/mol. The zero-order valence-corrected chi connectivity index (χ0v) is 11.8. The molecule has 0 spiro atoms. The first-order chi connectivity index (χ1) is 10.0. The van der Waals surface area contributed by atoms with Crippen molar-refractivity contribution in [1.82, 2.24) is 4.90 Å². The van der Waals surface area contributed by atoms with E-state index in [9.17, 15) is 14.0 Å². The van der Waals surface area contributed by atoms with Crippen LogP contribution in [0.2, 0.25) is 0 Å². The van der Waals surface area contributed by atoms with Crippen LogP contribution in [0.4, 0.5) is 4.39 Å². The molecule has 0 aromatic heterocycles. The molecule has 5 nitrogen and oxygen atoms in total. The maximum atomic E-state index is 13.9. The summed E-state index contributed by atoms with van der Waals surface area (Å²) >= 11 is 0. The van der Waals surface area contributed by atoms with Gasteiger partial charge >= 0.3 is 5.97 Å². The molecule has 1 unspecified atom stereocenters. The Morgan fingerprint density at radius 2 is 2.24 bits per heavy atom. The summed E-state index contributed by atoms with van der Waals surface area (Å²) in [5.74, 6) is -2.15. The molecule has 6 heteroatoms. The van der Waals surface area contributed by atoms with Crippen molar-refractivity contribution in [3.05, 3.63) is 35.1 Å². The summed E-state index contributed by atoms with van der Waals surface area (Å²) in [5, 5.41) is 8.81. The molecule has 0 bridgehead atoms. The average molecular weight is 295 g/mol. The van der Waals surface area contributed by atoms with Crippen molar-refractivity contribution in [1.29, 1.82) is 0 Å². The number of carboxylic acid groups (broad SMARTS) is 1. The fourth-order valence-corrected chi connectivity index (χ4v) is 2.61. The van der Waals surface area contributed by atoms with Gasteiger partial charge in [-0.05, 0) is 37.0 Å². The smallest absolute Gasteiger partial charge is 0.335 e. The molecule has 1 aromatic carbocycles. The van der Waals surface area contributed by atoms with Gasteiger partial charge in [0.05, 0.1) is 17.7 Å². The number of aromatic carboxylic acids is 1. The van der Waals surface area contributed by atoms with E-state index < -0.39 is 17.7 Å². The number of halogens is 1. The number of rotatable bonds is 4. The second-order valence-corrected chi connectivity index (χ2v) is 5.21. The molecule has 1 aliphatic rings. The fraction of sp³-hybridized carbons (Fsp3) is 0.467. The Labute approximate surface area is 122 Å². The molecule has 2 rings (SSSR count). The lowest BCUT2D eigenvalue weighted by molar-refractivity contribution is 0.0565. The number of hydrogen-bond donors (Lipinski definition) is 1. The van der Waals surface area contributed by atoms with Crippen LogP contribution < -0.4 is 0 Å². The summed E-state index contributed by atoms with van der Waals surface area (Å²) in [6.45, 7) is 1.69. The number of benzene rings is 1. The SMILES string of the molecule is COCC1CCCN(C(=O)c2ccc(C(=O)O)cc2F)C1. The summed E-state index contributed by atoms with van der Waals surface area (Å²) in [5.41, 5.74) is -0.252. The van der Waals surface area contributed by atoms with Crippen LogP contribution in [0.1, 0.15) is 33.6 Å². The van der Waals surface area contributed by atoms with Gasteiger partial charge in [0, 0.05) is 20.2 Å². The molecule has 0 radical (unpaired) electrons. The third-order valence-corrected chi connectivity index (χ3v) is 3.66. The predicted octanol–water partition coefficient (Wildman–Crippen LogP) is 2.02. The zero-order chi connectivity index (χ0) is 15.4. The number of likely N-dealkylation sites (tertiary alicyclic amines) is 1. The average Bonchev–Trinajstić information content (AvgIpc) is 2.47. The zero-order valence-electron chi connectivity index (χ0n) is 11.8. The van der Waals surface area contributed by atoms with Crippen molar-refractivity contribution in [2.45, 2.75) is 12.8 Å². The van der Waals surface area contributed by atoms with Gasteiger partial charge in [-0.1, -0.05) is 0 Å². The summed E-state index contributed by atoms with van der Waals surface area (Å²) < 4.78 is 19.0. The summed E-state index contributed by atoms with van der Waals surface area (Å²) in [4.78, 5) is 24.7. The maximum Gasteiger partial charge on any atom is 0.335 e. The molecule has 21 heavy (non-hydrogen) atoms. The van der Waals surface area contributed by atoms with Crippen molar-refractivity contribution in [2.75, 3.05) is 26.8 Å². The number of amides is 1. The molecule has 1 aromatic rings. The van der Waals surface area contributed by atoms with E-state index in [-0.39, 0.29) is 17.0 Å². The summed E-state index contributed by atoms with van der Waals surface area (Å²) in [7, 11) is 1.62. The molecule has 1 atom stereocenters. The second kappa shape index (κ2) is 6.67. The van der Waals surface area contributed by atoms with E-state index in [1.807, 2.05) is 0 Å². The number of methoxy groups -OCH3 is 1. The molecule has 1 saturated heterocycles. The van der Waals surface area contributed by atoms with E-state index in [1.165, 1.54) is 12.1 Å².